The van der Waals surface area contributed by atoms with Crippen molar-refractivity contribution in [1.82, 2.24) is 25.7 Å². The molecule has 2 saturated carbocycles. The van der Waals surface area contributed by atoms with Gasteiger partial charge in [0.25, 0.3) is 0 Å². The van der Waals surface area contributed by atoms with Gasteiger partial charge in [-0.1, -0.05) is 58.9 Å². The zero-order chi connectivity index (χ0) is 27.6. The fraction of sp³-hybridized carbons (Fsp3) is 0.571. The number of nitrogens with one attached hydrogen (secondary N) is 2. The molecule has 0 radical (unpaired) electrons. The number of likely N-dealkylation sites (tertiary alicyclic amines) is 1. The summed E-state index contributed by atoms with van der Waals surface area (Å²) in [5.74, 6) is -1.60. The number of carbonyl (C=O) groups is 4. The first kappa shape index (κ1) is 26.1. The molecule has 3 aliphatic rings. The zero-order valence-corrected chi connectivity index (χ0v) is 22.5. The third-order valence-electron chi connectivity index (χ3n) is 8.55. The lowest BCUT2D eigenvalue weighted by atomic mass is 9.85. The molecule has 38 heavy (non-hydrogen) atoms. The van der Waals surface area contributed by atoms with E-state index in [2.05, 4.69) is 34.7 Å². The van der Waals surface area contributed by atoms with Gasteiger partial charge in [0.05, 0.1) is 6.20 Å². The Morgan fingerprint density at radius 3 is 2.39 bits per heavy atom. The number of hydrogen-bond donors (Lipinski definition) is 3. The minimum absolute atomic E-state index is 0.0456. The molecule has 1 aromatic heterocycles. The number of amides is 4. The van der Waals surface area contributed by atoms with Crippen molar-refractivity contribution in [1.29, 1.82) is 0 Å². The Hall–Kier alpha value is -3.56. The maximum atomic E-state index is 13.9. The highest BCUT2D eigenvalue weighted by molar-refractivity contribution is 5.97. The molecule has 0 bridgehead atoms. The molecule has 202 valence electrons. The Bertz CT molecular complexity index is 1310. The molecule has 4 amide bonds. The minimum Gasteiger partial charge on any atom is -0.368 e. The summed E-state index contributed by atoms with van der Waals surface area (Å²) in [5, 5.41) is 15.3. The predicted molar refractivity (Wildman–Crippen MR) is 140 cm³/mol. The fourth-order valence-corrected chi connectivity index (χ4v) is 6.00. The lowest BCUT2D eigenvalue weighted by Gasteiger charge is -2.38. The molecule has 0 spiro atoms. The zero-order valence-electron chi connectivity index (χ0n) is 22.5. The van der Waals surface area contributed by atoms with E-state index in [1.807, 2.05) is 39.0 Å². The molecule has 1 unspecified atom stereocenters. The number of rotatable bonds is 7. The van der Waals surface area contributed by atoms with E-state index in [1.54, 1.807) is 17.2 Å². The maximum Gasteiger partial charge on any atom is 0.246 e. The molecule has 1 saturated heterocycles. The number of primary amides is 1. The highest BCUT2D eigenvalue weighted by Gasteiger charge is 2.70. The maximum absolute atomic E-state index is 13.9. The van der Waals surface area contributed by atoms with Crippen LogP contribution in [0.25, 0.3) is 10.8 Å². The third-order valence-corrected chi connectivity index (χ3v) is 8.55. The van der Waals surface area contributed by atoms with Crippen LogP contribution in [0, 0.1) is 28.6 Å². The second kappa shape index (κ2) is 9.03. The van der Waals surface area contributed by atoms with Gasteiger partial charge in [-0.25, -0.2) is 0 Å². The summed E-state index contributed by atoms with van der Waals surface area (Å²) in [6.45, 7) is 10.3. The van der Waals surface area contributed by atoms with Crippen molar-refractivity contribution in [3.05, 3.63) is 36.2 Å². The molecule has 1 aliphatic heterocycles. The minimum atomic E-state index is -1.22. The van der Waals surface area contributed by atoms with Gasteiger partial charge in [-0.2, -0.15) is 10.2 Å². The van der Waals surface area contributed by atoms with Crippen LogP contribution < -0.4 is 16.4 Å². The summed E-state index contributed by atoms with van der Waals surface area (Å²) >= 11 is 0. The number of nitrogens with two attached hydrogens (primary N) is 1. The monoisotopic (exact) mass is 520 g/mol. The first-order valence-electron chi connectivity index (χ1n) is 13.2. The van der Waals surface area contributed by atoms with Crippen LogP contribution in [0.2, 0.25) is 0 Å². The van der Waals surface area contributed by atoms with Gasteiger partial charge in [0.2, 0.25) is 23.6 Å². The highest BCUT2D eigenvalue weighted by atomic mass is 16.2. The van der Waals surface area contributed by atoms with Gasteiger partial charge in [-0.05, 0) is 35.5 Å². The van der Waals surface area contributed by atoms with Crippen molar-refractivity contribution in [3.63, 3.8) is 0 Å². The summed E-state index contributed by atoms with van der Waals surface area (Å²) in [5.41, 5.74) is 5.32. The molecule has 2 aromatic rings. The van der Waals surface area contributed by atoms with Gasteiger partial charge >= 0.3 is 0 Å². The van der Waals surface area contributed by atoms with Gasteiger partial charge < -0.3 is 21.3 Å². The van der Waals surface area contributed by atoms with Crippen molar-refractivity contribution in [2.75, 3.05) is 6.54 Å². The molecular weight excluding hydrogens is 484 g/mol. The highest BCUT2D eigenvalue weighted by Crippen LogP contribution is 2.65. The van der Waals surface area contributed by atoms with E-state index >= 15 is 0 Å². The second-order valence-corrected chi connectivity index (χ2v) is 12.6. The average Bonchev–Trinajstić information content (AvgIpc) is 3.73. The number of nitrogens with zero attached hydrogens (tertiary/aromatic N) is 3. The summed E-state index contributed by atoms with van der Waals surface area (Å²) < 4.78 is 0. The van der Waals surface area contributed by atoms with E-state index in [4.69, 9.17) is 5.73 Å². The molecule has 4 N–H and O–H groups in total. The van der Waals surface area contributed by atoms with Crippen LogP contribution in [0.15, 0.2) is 30.5 Å². The van der Waals surface area contributed by atoms with Gasteiger partial charge in [-0.15, -0.1) is 0 Å². The fourth-order valence-electron chi connectivity index (χ4n) is 6.00. The molecule has 10 nitrogen and oxygen atoms in total. The van der Waals surface area contributed by atoms with Crippen molar-refractivity contribution >= 4 is 34.4 Å². The topological polar surface area (TPSA) is 147 Å². The van der Waals surface area contributed by atoms with E-state index in [0.717, 1.165) is 18.2 Å². The third kappa shape index (κ3) is 4.50. The summed E-state index contributed by atoms with van der Waals surface area (Å²) in [7, 11) is 0. The van der Waals surface area contributed by atoms with Crippen LogP contribution in [-0.2, 0) is 19.2 Å². The molecule has 5 atom stereocenters. The first-order valence-corrected chi connectivity index (χ1v) is 13.2. The van der Waals surface area contributed by atoms with Crippen LogP contribution in [0.3, 0.4) is 0 Å². The van der Waals surface area contributed by atoms with E-state index in [0.29, 0.717) is 11.9 Å². The summed E-state index contributed by atoms with van der Waals surface area (Å²) in [6.07, 6.45) is 3.24. The van der Waals surface area contributed by atoms with Gasteiger partial charge in [0, 0.05) is 23.2 Å². The van der Waals surface area contributed by atoms with E-state index < -0.39 is 35.4 Å². The van der Waals surface area contributed by atoms with Crippen LogP contribution in [0.5, 0.6) is 0 Å². The molecule has 1 aromatic carbocycles. The van der Waals surface area contributed by atoms with Crippen LogP contribution in [0.1, 0.15) is 59.2 Å². The lowest BCUT2D eigenvalue weighted by molar-refractivity contribution is -0.146. The van der Waals surface area contributed by atoms with Crippen molar-refractivity contribution in [2.45, 2.75) is 65.6 Å². The standard InChI is InChI=1S/C28H36N6O4/c1-27(2,3)22(32-24(36)14-10-11-14)26(38)34-13-17-18(28(17,4)5)21(34)25(37)31-20(23(29)35)19-16-9-7-6-8-15(16)12-30-33-19/h6-9,12,14,17-18,20-22H,10-11,13H2,1-5H3,(H2,29,35)(H,31,37)(H,32,36)/t17-,18-,20?,21-,22+/m0/s1. The Morgan fingerprint density at radius 1 is 1.08 bits per heavy atom. The number of piperidine rings is 1. The quantitative estimate of drug-likeness (QED) is 0.506. The SMILES string of the molecule is CC(C)(C)[C@H](NC(=O)C1CC1)C(=O)N1C[C@H]2[C@@H]([C@H]1C(=O)NC(C(N)=O)c1nncc3ccccc13)C2(C)C. The molecule has 3 fully saturated rings. The van der Waals surface area contributed by atoms with Crippen molar-refractivity contribution in [3.8, 4) is 0 Å². The second-order valence-electron chi connectivity index (χ2n) is 12.6. The van der Waals surface area contributed by atoms with E-state index in [1.165, 1.54) is 0 Å². The Morgan fingerprint density at radius 2 is 1.76 bits per heavy atom. The first-order chi connectivity index (χ1) is 17.8. The average molecular weight is 521 g/mol. The summed E-state index contributed by atoms with van der Waals surface area (Å²) in [6, 6.07) is 4.50. The Kier molecular flexibility index (Phi) is 6.19. The summed E-state index contributed by atoms with van der Waals surface area (Å²) in [4.78, 5) is 54.6. The van der Waals surface area contributed by atoms with Gasteiger partial charge in [0.1, 0.15) is 17.8 Å². The predicted octanol–water partition coefficient (Wildman–Crippen LogP) is 1.70. The largest absolute Gasteiger partial charge is 0.368 e. The Labute approximate surface area is 222 Å². The molecular formula is C28H36N6O4. The van der Waals surface area contributed by atoms with Crippen molar-refractivity contribution in [2.24, 2.45) is 34.3 Å². The van der Waals surface area contributed by atoms with Crippen molar-refractivity contribution < 1.29 is 19.2 Å². The van der Waals surface area contributed by atoms with E-state index in [9.17, 15) is 19.2 Å². The molecule has 2 heterocycles. The van der Waals surface area contributed by atoms with Crippen LogP contribution in [0.4, 0.5) is 0 Å². The molecule has 2 aliphatic carbocycles. The molecule has 5 rings (SSSR count). The van der Waals surface area contributed by atoms with Gasteiger partial charge in [0.15, 0.2) is 6.04 Å². The van der Waals surface area contributed by atoms with Gasteiger partial charge in [-0.3, -0.25) is 19.2 Å². The van der Waals surface area contributed by atoms with E-state index in [-0.39, 0.29) is 40.7 Å². The van der Waals surface area contributed by atoms with Crippen LogP contribution >= 0.6 is 0 Å². The lowest BCUT2D eigenvalue weighted by Crippen LogP contribution is -2.60. The number of carbonyl (C=O) groups excluding carboxylic acids is 4. The van der Waals surface area contributed by atoms with Crippen LogP contribution in [-0.4, -0.2) is 57.4 Å². The number of aromatic nitrogens is 2. The Balaban J connectivity index is 1.44. The smallest absolute Gasteiger partial charge is 0.246 e. The number of hydrogen-bond acceptors (Lipinski definition) is 6. The number of fused-ring (bicyclic) bond motifs is 2. The normalized spacial score (nSPS) is 25.3. The molecule has 10 heteroatoms. The number of benzene rings is 1.